The quantitative estimate of drug-likeness (QED) is 0.485. The zero-order valence-electron chi connectivity index (χ0n) is 20.2. The van der Waals surface area contributed by atoms with Crippen molar-refractivity contribution in [1.82, 2.24) is 9.88 Å². The summed E-state index contributed by atoms with van der Waals surface area (Å²) in [6, 6.07) is 9.86. The molecule has 7 heteroatoms. The van der Waals surface area contributed by atoms with Gasteiger partial charge in [0.1, 0.15) is 28.4 Å². The number of piperidine rings is 1. The van der Waals surface area contributed by atoms with Gasteiger partial charge in [0.05, 0.1) is 27.0 Å². The molecule has 0 bridgehead atoms. The Balaban J connectivity index is 1.79. The zero-order chi connectivity index (χ0) is 23.8. The SMILES string of the molecule is COc1cc(OC)c2c(C3CCN(C(=O)OC(C)(C)C)CC3)nc3c(OC)cccc3c2c1. The van der Waals surface area contributed by atoms with E-state index in [4.69, 9.17) is 23.9 Å². The second-order valence-corrected chi connectivity index (χ2v) is 9.35. The number of amides is 1. The molecule has 1 aromatic heterocycles. The molecule has 1 aliphatic heterocycles. The van der Waals surface area contributed by atoms with Crippen molar-refractivity contribution in [3.8, 4) is 17.2 Å². The van der Waals surface area contributed by atoms with Crippen LogP contribution in [0.5, 0.6) is 17.2 Å². The zero-order valence-corrected chi connectivity index (χ0v) is 20.2. The van der Waals surface area contributed by atoms with Crippen LogP contribution in [-0.2, 0) is 4.74 Å². The van der Waals surface area contributed by atoms with E-state index in [0.717, 1.165) is 57.5 Å². The summed E-state index contributed by atoms with van der Waals surface area (Å²) in [6.45, 7) is 6.89. The van der Waals surface area contributed by atoms with Crippen LogP contribution in [0.25, 0.3) is 21.7 Å². The standard InChI is InChI=1S/C26H32N2O5/c1-26(2,3)33-25(29)28-12-10-16(11-13-28)23-22-19(14-17(30-4)15-21(22)32-6)18-8-7-9-20(31-5)24(18)27-23/h7-9,14-16H,10-13H2,1-6H3. The summed E-state index contributed by atoms with van der Waals surface area (Å²) >= 11 is 0. The van der Waals surface area contributed by atoms with E-state index in [1.54, 1.807) is 26.2 Å². The van der Waals surface area contributed by atoms with Crippen molar-refractivity contribution >= 4 is 27.8 Å². The molecule has 0 unspecified atom stereocenters. The number of methoxy groups -OCH3 is 3. The third-order valence-electron chi connectivity index (χ3n) is 6.06. The number of rotatable bonds is 4. The molecule has 33 heavy (non-hydrogen) atoms. The Labute approximate surface area is 194 Å². The van der Waals surface area contributed by atoms with Crippen LogP contribution in [0.3, 0.4) is 0 Å². The van der Waals surface area contributed by atoms with Gasteiger partial charge in [-0.3, -0.25) is 0 Å². The van der Waals surface area contributed by atoms with Gasteiger partial charge in [-0.15, -0.1) is 0 Å². The average Bonchev–Trinajstić information content (AvgIpc) is 2.81. The molecule has 0 atom stereocenters. The van der Waals surface area contributed by atoms with Crippen LogP contribution < -0.4 is 14.2 Å². The molecule has 1 fully saturated rings. The van der Waals surface area contributed by atoms with Crippen LogP contribution in [0.1, 0.15) is 45.2 Å². The van der Waals surface area contributed by atoms with Crippen molar-refractivity contribution in [2.45, 2.75) is 45.1 Å². The third-order valence-corrected chi connectivity index (χ3v) is 6.06. The molecule has 176 valence electrons. The van der Waals surface area contributed by atoms with E-state index in [2.05, 4.69) is 0 Å². The Morgan fingerprint density at radius 2 is 1.67 bits per heavy atom. The number of ether oxygens (including phenoxy) is 4. The number of pyridine rings is 1. The number of hydrogen-bond donors (Lipinski definition) is 0. The maximum absolute atomic E-state index is 12.5. The summed E-state index contributed by atoms with van der Waals surface area (Å²) in [6.07, 6.45) is 1.32. The third kappa shape index (κ3) is 4.49. The molecule has 0 aliphatic carbocycles. The van der Waals surface area contributed by atoms with E-state index in [-0.39, 0.29) is 12.0 Å². The summed E-state index contributed by atoms with van der Waals surface area (Å²) in [5, 5.41) is 2.98. The van der Waals surface area contributed by atoms with Gasteiger partial charge in [0.2, 0.25) is 0 Å². The molecule has 0 saturated carbocycles. The Morgan fingerprint density at radius 3 is 2.27 bits per heavy atom. The number of para-hydroxylation sites is 1. The van der Waals surface area contributed by atoms with Crippen LogP contribution >= 0.6 is 0 Å². The number of carbonyl (C=O) groups is 1. The smallest absolute Gasteiger partial charge is 0.410 e. The average molecular weight is 453 g/mol. The van der Waals surface area contributed by atoms with Crippen molar-refractivity contribution in [2.75, 3.05) is 34.4 Å². The van der Waals surface area contributed by atoms with Gasteiger partial charge in [-0.25, -0.2) is 9.78 Å². The highest BCUT2D eigenvalue weighted by Gasteiger charge is 2.30. The first-order valence-corrected chi connectivity index (χ1v) is 11.3. The number of nitrogens with zero attached hydrogens (tertiary/aromatic N) is 2. The van der Waals surface area contributed by atoms with Gasteiger partial charge >= 0.3 is 6.09 Å². The van der Waals surface area contributed by atoms with Crippen molar-refractivity contribution in [2.24, 2.45) is 0 Å². The summed E-state index contributed by atoms with van der Waals surface area (Å²) in [7, 11) is 4.97. The second kappa shape index (κ2) is 8.96. The van der Waals surface area contributed by atoms with Crippen LogP contribution in [0.4, 0.5) is 4.79 Å². The lowest BCUT2D eigenvalue weighted by Gasteiger charge is -2.33. The van der Waals surface area contributed by atoms with E-state index in [0.29, 0.717) is 13.1 Å². The number of carbonyl (C=O) groups excluding carboxylic acids is 1. The number of benzene rings is 2. The fourth-order valence-electron chi connectivity index (χ4n) is 4.50. The van der Waals surface area contributed by atoms with Gasteiger partial charge in [0, 0.05) is 41.2 Å². The molecule has 2 aromatic carbocycles. The van der Waals surface area contributed by atoms with Gasteiger partial charge in [-0.2, -0.15) is 0 Å². The van der Waals surface area contributed by atoms with E-state index in [1.807, 2.05) is 51.1 Å². The highest BCUT2D eigenvalue weighted by molar-refractivity contribution is 6.11. The maximum Gasteiger partial charge on any atom is 0.410 e. The first-order chi connectivity index (χ1) is 15.8. The van der Waals surface area contributed by atoms with Gasteiger partial charge in [0.15, 0.2) is 0 Å². The Bertz CT molecular complexity index is 1180. The van der Waals surface area contributed by atoms with Crippen LogP contribution in [-0.4, -0.2) is 56.0 Å². The lowest BCUT2D eigenvalue weighted by molar-refractivity contribution is 0.0204. The normalized spacial score (nSPS) is 15.0. The van der Waals surface area contributed by atoms with E-state index < -0.39 is 5.60 Å². The van der Waals surface area contributed by atoms with Crippen LogP contribution in [0.15, 0.2) is 30.3 Å². The summed E-state index contributed by atoms with van der Waals surface area (Å²) in [5.74, 6) is 2.35. The van der Waals surface area contributed by atoms with E-state index in [1.165, 1.54) is 0 Å². The van der Waals surface area contributed by atoms with Crippen molar-refractivity contribution in [1.29, 1.82) is 0 Å². The molecule has 1 saturated heterocycles. The first-order valence-electron chi connectivity index (χ1n) is 11.3. The first kappa shape index (κ1) is 23.0. The van der Waals surface area contributed by atoms with Gasteiger partial charge in [-0.1, -0.05) is 12.1 Å². The lowest BCUT2D eigenvalue weighted by Crippen LogP contribution is -2.41. The highest BCUT2D eigenvalue weighted by Crippen LogP contribution is 2.43. The summed E-state index contributed by atoms with van der Waals surface area (Å²) < 4.78 is 22.5. The van der Waals surface area contributed by atoms with Crippen molar-refractivity contribution < 1.29 is 23.7 Å². The Morgan fingerprint density at radius 1 is 0.970 bits per heavy atom. The predicted octanol–water partition coefficient (Wildman–Crippen LogP) is 5.53. The van der Waals surface area contributed by atoms with E-state index >= 15 is 0 Å². The summed E-state index contributed by atoms with van der Waals surface area (Å²) in [4.78, 5) is 19.4. The molecule has 7 nitrogen and oxygen atoms in total. The minimum atomic E-state index is -0.507. The largest absolute Gasteiger partial charge is 0.497 e. The molecule has 0 N–H and O–H groups in total. The fraction of sp³-hybridized carbons (Fsp3) is 0.462. The molecule has 1 aliphatic rings. The number of hydrogen-bond acceptors (Lipinski definition) is 6. The minimum absolute atomic E-state index is 0.169. The van der Waals surface area contributed by atoms with Crippen LogP contribution in [0, 0.1) is 0 Å². The van der Waals surface area contributed by atoms with Crippen LogP contribution in [0.2, 0.25) is 0 Å². The van der Waals surface area contributed by atoms with Crippen molar-refractivity contribution in [3.63, 3.8) is 0 Å². The molecule has 0 radical (unpaired) electrons. The topological polar surface area (TPSA) is 70.1 Å². The van der Waals surface area contributed by atoms with Gasteiger partial charge < -0.3 is 23.8 Å². The molecule has 4 rings (SSSR count). The molecular formula is C26H32N2O5. The second-order valence-electron chi connectivity index (χ2n) is 9.35. The summed E-state index contributed by atoms with van der Waals surface area (Å²) in [5.41, 5.74) is 1.27. The molecule has 2 heterocycles. The van der Waals surface area contributed by atoms with Gasteiger partial charge in [-0.05, 0) is 45.7 Å². The highest BCUT2D eigenvalue weighted by atomic mass is 16.6. The Kier molecular flexibility index (Phi) is 6.23. The number of fused-ring (bicyclic) bond motifs is 3. The maximum atomic E-state index is 12.5. The number of aromatic nitrogens is 1. The molecule has 0 spiro atoms. The predicted molar refractivity (Wildman–Crippen MR) is 129 cm³/mol. The van der Waals surface area contributed by atoms with Gasteiger partial charge in [0.25, 0.3) is 0 Å². The lowest BCUT2D eigenvalue weighted by atomic mass is 9.88. The fourth-order valence-corrected chi connectivity index (χ4v) is 4.50. The number of likely N-dealkylation sites (tertiary alicyclic amines) is 1. The monoisotopic (exact) mass is 452 g/mol. The van der Waals surface area contributed by atoms with Crippen molar-refractivity contribution in [3.05, 3.63) is 36.0 Å². The minimum Gasteiger partial charge on any atom is -0.497 e. The molecule has 3 aromatic rings. The molecular weight excluding hydrogens is 420 g/mol. The van der Waals surface area contributed by atoms with E-state index in [9.17, 15) is 4.79 Å². The molecule has 1 amide bonds. The Hall–Kier alpha value is -3.22.